The topological polar surface area (TPSA) is 109 Å². The van der Waals surface area contributed by atoms with Crippen LogP contribution in [0.25, 0.3) is 5.52 Å². The van der Waals surface area contributed by atoms with Gasteiger partial charge in [-0.25, -0.2) is 9.31 Å². The highest BCUT2D eigenvalue weighted by Crippen LogP contribution is 2.29. The molecule has 1 amide bonds. The third kappa shape index (κ3) is 5.22. The number of halogens is 1. The molecule has 0 unspecified atom stereocenters. The summed E-state index contributed by atoms with van der Waals surface area (Å²) in [6.07, 6.45) is 4.04. The van der Waals surface area contributed by atoms with E-state index in [4.69, 9.17) is 16.7 Å². The summed E-state index contributed by atoms with van der Waals surface area (Å²) in [7, 11) is 0. The van der Waals surface area contributed by atoms with E-state index >= 15 is 0 Å². The van der Waals surface area contributed by atoms with E-state index in [0.717, 1.165) is 18.4 Å². The van der Waals surface area contributed by atoms with Gasteiger partial charge in [-0.2, -0.15) is 0 Å². The van der Waals surface area contributed by atoms with Gasteiger partial charge in [0.1, 0.15) is 5.52 Å². The summed E-state index contributed by atoms with van der Waals surface area (Å²) in [5.74, 6) is 0.444. The van der Waals surface area contributed by atoms with Gasteiger partial charge in [0, 0.05) is 54.1 Å². The van der Waals surface area contributed by atoms with Crippen LogP contribution in [0.4, 0.5) is 10.6 Å². The number of benzene rings is 2. The molecule has 1 saturated heterocycles. The van der Waals surface area contributed by atoms with Crippen LogP contribution >= 0.6 is 11.6 Å². The maximum atomic E-state index is 13.7. The molecule has 0 bridgehead atoms. The Kier molecular flexibility index (Phi) is 6.96. The smallest absolute Gasteiger partial charge is 0.404 e. The Hall–Kier alpha value is -4.11. The van der Waals surface area contributed by atoms with Crippen molar-refractivity contribution >= 4 is 34.8 Å². The molecule has 1 aliphatic rings. The number of carbonyl (C=O) groups is 2. The Bertz CT molecular complexity index is 1510. The van der Waals surface area contributed by atoms with Gasteiger partial charge in [0.25, 0.3) is 5.56 Å². The molecule has 10 heteroatoms. The normalized spacial score (nSPS) is 15.6. The highest BCUT2D eigenvalue weighted by molar-refractivity contribution is 6.31. The van der Waals surface area contributed by atoms with E-state index in [2.05, 4.69) is 5.32 Å². The van der Waals surface area contributed by atoms with Crippen molar-refractivity contribution in [3.63, 3.8) is 0 Å². The minimum atomic E-state index is -1.07. The zero-order valence-electron chi connectivity index (χ0n) is 20.0. The average Bonchev–Trinajstić information content (AvgIpc) is 3.26. The molecule has 9 nitrogen and oxygen atoms in total. The van der Waals surface area contributed by atoms with Gasteiger partial charge >= 0.3 is 6.09 Å². The third-order valence-corrected chi connectivity index (χ3v) is 6.99. The number of piperidine rings is 1. The molecule has 5 rings (SSSR count). The molecule has 1 aliphatic heterocycles. The molecule has 2 N–H and O–H groups in total. The van der Waals surface area contributed by atoms with Gasteiger partial charge < -0.3 is 19.9 Å². The van der Waals surface area contributed by atoms with Gasteiger partial charge in [0.15, 0.2) is 11.6 Å². The molecule has 2 aromatic heterocycles. The first-order valence-corrected chi connectivity index (χ1v) is 12.4. The van der Waals surface area contributed by atoms with Crippen LogP contribution in [0.3, 0.4) is 0 Å². The van der Waals surface area contributed by atoms with Crippen molar-refractivity contribution in [2.45, 2.75) is 31.8 Å². The monoisotopic (exact) mass is 519 g/mol. The van der Waals surface area contributed by atoms with Crippen molar-refractivity contribution in [3.8, 4) is 0 Å². The molecule has 190 valence electrons. The second kappa shape index (κ2) is 10.5. The van der Waals surface area contributed by atoms with Crippen molar-refractivity contribution < 1.29 is 14.7 Å². The summed E-state index contributed by atoms with van der Waals surface area (Å²) in [5, 5.41) is 17.1. The summed E-state index contributed by atoms with van der Waals surface area (Å²) >= 11 is 6.47. The van der Waals surface area contributed by atoms with Crippen molar-refractivity contribution in [1.29, 1.82) is 0 Å². The number of hydrogen-bond acceptors (Lipinski definition) is 5. The van der Waals surface area contributed by atoms with Crippen LogP contribution in [0, 0.1) is 0 Å². The zero-order valence-corrected chi connectivity index (χ0v) is 20.8. The number of aromatic nitrogens is 3. The molecule has 0 aliphatic carbocycles. The van der Waals surface area contributed by atoms with E-state index in [0.29, 0.717) is 47.0 Å². The first-order chi connectivity index (χ1) is 17.9. The van der Waals surface area contributed by atoms with E-state index in [1.54, 1.807) is 47.2 Å². The second-order valence-corrected chi connectivity index (χ2v) is 9.53. The lowest BCUT2D eigenvalue weighted by Crippen LogP contribution is -2.47. The van der Waals surface area contributed by atoms with Crippen LogP contribution in [0.1, 0.15) is 34.3 Å². The van der Waals surface area contributed by atoms with Gasteiger partial charge in [-0.15, -0.1) is 5.10 Å². The number of carbonyl (C=O) groups excluding carboxylic acids is 1. The van der Waals surface area contributed by atoms with Crippen LogP contribution in [0.2, 0.25) is 5.02 Å². The van der Waals surface area contributed by atoms with E-state index in [1.807, 2.05) is 29.2 Å². The van der Waals surface area contributed by atoms with E-state index < -0.39 is 6.09 Å². The number of Topliss-reactive ketones (excluding diaryl/α,β-unsaturated/α-hetero) is 1. The number of amides is 1. The third-order valence-electron chi connectivity index (χ3n) is 6.62. The molecule has 0 saturated carbocycles. The van der Waals surface area contributed by atoms with Gasteiger partial charge in [0.05, 0.1) is 6.54 Å². The minimum Gasteiger partial charge on any atom is -0.465 e. The van der Waals surface area contributed by atoms with E-state index in [-0.39, 0.29) is 23.9 Å². The first-order valence-electron chi connectivity index (χ1n) is 12.1. The lowest BCUT2D eigenvalue weighted by Gasteiger charge is -2.33. The Morgan fingerprint density at radius 2 is 1.84 bits per heavy atom. The summed E-state index contributed by atoms with van der Waals surface area (Å²) in [6.45, 7) is 1.02. The molecule has 1 fully saturated rings. The number of nitrogens with one attached hydrogen (secondary N) is 1. The predicted octanol–water partition coefficient (Wildman–Crippen LogP) is 3.86. The van der Waals surface area contributed by atoms with Crippen LogP contribution < -0.4 is 15.8 Å². The highest BCUT2D eigenvalue weighted by Gasteiger charge is 2.28. The van der Waals surface area contributed by atoms with Crippen LogP contribution in [-0.4, -0.2) is 50.3 Å². The average molecular weight is 520 g/mol. The number of carboxylic acid groups (broad SMARTS) is 1. The Labute approximate surface area is 217 Å². The van der Waals surface area contributed by atoms with Crippen LogP contribution in [-0.2, 0) is 13.0 Å². The van der Waals surface area contributed by atoms with E-state index in [1.165, 1.54) is 4.57 Å². The van der Waals surface area contributed by atoms with E-state index in [9.17, 15) is 19.5 Å². The quantitative estimate of drug-likeness (QED) is 0.359. The largest absolute Gasteiger partial charge is 0.465 e. The fraction of sp³-hybridized carbons (Fsp3) is 0.259. The fourth-order valence-electron chi connectivity index (χ4n) is 4.84. The van der Waals surface area contributed by atoms with Crippen LogP contribution in [0.15, 0.2) is 71.8 Å². The fourth-order valence-corrected chi connectivity index (χ4v) is 5.05. The number of ketones is 1. The maximum Gasteiger partial charge on any atom is 0.404 e. The molecule has 37 heavy (non-hydrogen) atoms. The molecule has 0 radical (unpaired) electrons. The highest BCUT2D eigenvalue weighted by atomic mass is 35.5. The molecule has 1 atom stereocenters. The summed E-state index contributed by atoms with van der Waals surface area (Å²) in [4.78, 5) is 39.8. The summed E-state index contributed by atoms with van der Waals surface area (Å²) in [5.41, 5.74) is 2.10. The van der Waals surface area contributed by atoms with Crippen molar-refractivity contribution in [2.75, 3.05) is 18.0 Å². The minimum absolute atomic E-state index is 0.0975. The van der Waals surface area contributed by atoms with Gasteiger partial charge in [-0.05, 0) is 24.5 Å². The number of fused-ring (bicyclic) bond motifs is 1. The molecule has 4 aromatic rings. The molecule has 0 spiro atoms. The van der Waals surface area contributed by atoms with Crippen molar-refractivity contribution in [2.24, 2.45) is 0 Å². The van der Waals surface area contributed by atoms with Crippen molar-refractivity contribution in [3.05, 3.63) is 99.1 Å². The summed E-state index contributed by atoms with van der Waals surface area (Å²) in [6, 6.07) is 16.0. The lowest BCUT2D eigenvalue weighted by atomic mass is 10.0. The van der Waals surface area contributed by atoms with Gasteiger partial charge in [-0.1, -0.05) is 60.1 Å². The second-order valence-electron chi connectivity index (χ2n) is 9.12. The van der Waals surface area contributed by atoms with Gasteiger partial charge in [-0.3, -0.25) is 9.59 Å². The molecule has 3 heterocycles. The van der Waals surface area contributed by atoms with Gasteiger partial charge in [0.2, 0.25) is 0 Å². The number of anilines is 1. The lowest BCUT2D eigenvalue weighted by molar-refractivity contribution is 0.0971. The molecular formula is C27H26ClN5O4. The number of nitrogens with zero attached hydrogens (tertiary/aromatic N) is 4. The predicted molar refractivity (Wildman–Crippen MR) is 141 cm³/mol. The number of rotatable bonds is 7. The number of hydrogen-bond donors (Lipinski definition) is 2. The zero-order chi connectivity index (χ0) is 25.9. The van der Waals surface area contributed by atoms with Crippen molar-refractivity contribution in [1.82, 2.24) is 19.5 Å². The SMILES string of the molecule is O=C(O)N[C@@H]1CCCN(c2nn3ccn(CC(=O)c4ccccc4)c(=O)c3c2Cc2ccccc2Cl)C1. The standard InChI is InChI=1S/C27H26ClN5O4/c28-22-11-5-4-9-19(22)15-21-24-26(35)32(17-23(34)18-7-2-1-3-8-18)13-14-33(24)30-25(21)31-12-6-10-20(16-31)29-27(36)37/h1-5,7-9,11,13-14,20,29H,6,10,12,15-17H2,(H,36,37)/t20-/m1/s1. The Morgan fingerprint density at radius 3 is 2.59 bits per heavy atom. The Balaban J connectivity index is 1.58. The molecular weight excluding hydrogens is 494 g/mol. The Morgan fingerprint density at radius 1 is 1.08 bits per heavy atom. The maximum absolute atomic E-state index is 13.7. The van der Waals surface area contributed by atoms with Crippen LogP contribution in [0.5, 0.6) is 0 Å². The first kappa shape index (κ1) is 24.6. The summed E-state index contributed by atoms with van der Waals surface area (Å²) < 4.78 is 2.94. The molecule has 2 aromatic carbocycles.